The summed E-state index contributed by atoms with van der Waals surface area (Å²) in [6.45, 7) is 7.58. The third-order valence-corrected chi connectivity index (χ3v) is 8.52. The first-order valence-corrected chi connectivity index (χ1v) is 14.8. The molecule has 0 aliphatic carbocycles. The molecule has 0 unspecified atom stereocenters. The first-order chi connectivity index (χ1) is 18.5. The zero-order valence-electron chi connectivity index (χ0n) is 22.9. The number of unbranched alkanes of at least 4 members (excludes halogenated alkanes) is 1. The van der Waals surface area contributed by atoms with Crippen LogP contribution in [-0.2, 0) is 26.2 Å². The van der Waals surface area contributed by atoms with Crippen LogP contribution in [0.2, 0.25) is 5.02 Å². The number of halogens is 1. The number of sulfonamides is 1. The van der Waals surface area contributed by atoms with Crippen molar-refractivity contribution >= 4 is 39.1 Å². The summed E-state index contributed by atoms with van der Waals surface area (Å²) in [6.07, 6.45) is 1.75. The van der Waals surface area contributed by atoms with Crippen molar-refractivity contribution in [2.24, 2.45) is 0 Å². The second-order valence-corrected chi connectivity index (χ2v) is 11.9. The van der Waals surface area contributed by atoms with Crippen LogP contribution in [0.5, 0.6) is 0 Å². The Kier molecular flexibility index (Phi) is 10.5. The molecule has 3 rings (SSSR count). The quantitative estimate of drug-likeness (QED) is 0.292. The summed E-state index contributed by atoms with van der Waals surface area (Å²) < 4.78 is 28.8. The minimum absolute atomic E-state index is 0.0580. The van der Waals surface area contributed by atoms with Crippen molar-refractivity contribution < 1.29 is 18.0 Å². The van der Waals surface area contributed by atoms with E-state index in [1.165, 1.54) is 17.0 Å². The fourth-order valence-electron chi connectivity index (χ4n) is 4.14. The van der Waals surface area contributed by atoms with E-state index in [0.717, 1.165) is 28.3 Å². The first-order valence-electron chi connectivity index (χ1n) is 13.0. The Balaban J connectivity index is 2.01. The smallest absolute Gasteiger partial charge is 0.264 e. The molecule has 39 heavy (non-hydrogen) atoms. The number of nitrogens with one attached hydrogen (secondary N) is 1. The summed E-state index contributed by atoms with van der Waals surface area (Å²) in [4.78, 5) is 28.5. The number of carbonyl (C=O) groups is 2. The predicted molar refractivity (Wildman–Crippen MR) is 156 cm³/mol. The number of anilines is 1. The molecule has 0 saturated heterocycles. The number of nitrogens with zero attached hydrogens (tertiary/aromatic N) is 2. The van der Waals surface area contributed by atoms with Crippen molar-refractivity contribution in [2.75, 3.05) is 17.4 Å². The van der Waals surface area contributed by atoms with Crippen molar-refractivity contribution in [3.8, 4) is 0 Å². The van der Waals surface area contributed by atoms with Gasteiger partial charge in [0.25, 0.3) is 10.0 Å². The third kappa shape index (κ3) is 7.83. The number of rotatable bonds is 12. The maximum Gasteiger partial charge on any atom is 0.264 e. The van der Waals surface area contributed by atoms with Crippen LogP contribution in [0.1, 0.15) is 43.4 Å². The molecule has 1 N–H and O–H groups in total. The van der Waals surface area contributed by atoms with Crippen LogP contribution in [-0.4, -0.2) is 44.3 Å². The Labute approximate surface area is 236 Å². The summed E-state index contributed by atoms with van der Waals surface area (Å²) in [7, 11) is -4.12. The molecule has 3 aromatic rings. The number of hydrogen-bond donors (Lipinski definition) is 1. The average molecular weight is 570 g/mol. The van der Waals surface area contributed by atoms with E-state index in [9.17, 15) is 18.0 Å². The molecule has 2 amide bonds. The lowest BCUT2D eigenvalue weighted by atomic mass is 10.1. The Morgan fingerprint density at radius 1 is 0.974 bits per heavy atom. The van der Waals surface area contributed by atoms with E-state index in [1.807, 2.05) is 38.1 Å². The van der Waals surface area contributed by atoms with Gasteiger partial charge in [0.2, 0.25) is 11.8 Å². The molecule has 1 atom stereocenters. The number of hydrogen-bond acceptors (Lipinski definition) is 4. The Hall–Kier alpha value is -3.36. The zero-order valence-corrected chi connectivity index (χ0v) is 24.4. The minimum Gasteiger partial charge on any atom is -0.354 e. The van der Waals surface area contributed by atoms with Crippen LogP contribution in [0.15, 0.2) is 77.7 Å². The Morgan fingerprint density at radius 3 is 2.26 bits per heavy atom. The largest absolute Gasteiger partial charge is 0.354 e. The van der Waals surface area contributed by atoms with Crippen molar-refractivity contribution in [1.82, 2.24) is 10.2 Å². The van der Waals surface area contributed by atoms with Crippen LogP contribution in [0.4, 0.5) is 5.69 Å². The molecule has 0 radical (unpaired) electrons. The molecule has 0 aliphatic rings. The van der Waals surface area contributed by atoms with Gasteiger partial charge in [0.1, 0.15) is 12.6 Å². The molecule has 0 bridgehead atoms. The van der Waals surface area contributed by atoms with E-state index in [4.69, 9.17) is 11.6 Å². The maximum atomic E-state index is 13.9. The topological polar surface area (TPSA) is 86.8 Å². The molecule has 0 aliphatic heterocycles. The normalized spacial score (nSPS) is 12.0. The number of amides is 2. The molecule has 9 heteroatoms. The van der Waals surface area contributed by atoms with Gasteiger partial charge in [-0.1, -0.05) is 73.0 Å². The fraction of sp³-hybridized carbons (Fsp3) is 0.333. The number of carbonyl (C=O) groups excluding carboxylic acids is 2. The van der Waals surface area contributed by atoms with Gasteiger partial charge in [0, 0.05) is 18.1 Å². The summed E-state index contributed by atoms with van der Waals surface area (Å²) in [5, 5.41) is 3.35. The Bertz CT molecular complexity index is 1380. The van der Waals surface area contributed by atoms with Crippen molar-refractivity contribution in [3.63, 3.8) is 0 Å². The Morgan fingerprint density at radius 2 is 1.64 bits per heavy atom. The van der Waals surface area contributed by atoms with Crippen molar-refractivity contribution in [2.45, 2.75) is 58.0 Å². The highest BCUT2D eigenvalue weighted by Gasteiger charge is 2.33. The monoisotopic (exact) mass is 569 g/mol. The maximum absolute atomic E-state index is 13.9. The molecular formula is C30H36ClN3O4S. The van der Waals surface area contributed by atoms with Crippen LogP contribution in [0, 0.1) is 13.8 Å². The molecule has 0 saturated carbocycles. The highest BCUT2D eigenvalue weighted by molar-refractivity contribution is 7.92. The van der Waals surface area contributed by atoms with Gasteiger partial charge in [-0.3, -0.25) is 13.9 Å². The summed E-state index contributed by atoms with van der Waals surface area (Å²) in [6, 6.07) is 19.7. The molecular weight excluding hydrogens is 534 g/mol. The lowest BCUT2D eigenvalue weighted by molar-refractivity contribution is -0.139. The lowest BCUT2D eigenvalue weighted by Gasteiger charge is -2.32. The number of benzene rings is 3. The summed E-state index contributed by atoms with van der Waals surface area (Å²) in [5.74, 6) is -0.786. The molecule has 208 valence electrons. The van der Waals surface area contributed by atoms with Gasteiger partial charge >= 0.3 is 0 Å². The summed E-state index contributed by atoms with van der Waals surface area (Å²) in [5.41, 5.74) is 2.85. The highest BCUT2D eigenvalue weighted by Crippen LogP contribution is 2.29. The van der Waals surface area contributed by atoms with E-state index >= 15 is 0 Å². The second kappa shape index (κ2) is 13.6. The minimum atomic E-state index is -4.12. The van der Waals surface area contributed by atoms with Gasteiger partial charge in [-0.05, 0) is 68.7 Å². The van der Waals surface area contributed by atoms with Gasteiger partial charge in [-0.2, -0.15) is 0 Å². The highest BCUT2D eigenvalue weighted by atomic mass is 35.5. The SMILES string of the molecule is CCCCNC(=O)[C@@H](C)N(Cc1ccc(C)cc1)C(=O)CN(c1ccc(Cl)cc1C)S(=O)(=O)c1ccccc1. The first kappa shape index (κ1) is 30.2. The van der Waals surface area contributed by atoms with Crippen molar-refractivity contribution in [1.29, 1.82) is 0 Å². The standard InChI is InChI=1S/C30H36ClN3O4S/c1-5-6-18-32-30(36)24(4)33(20-25-14-12-22(2)13-15-25)29(35)21-34(28-17-16-26(31)19-23(28)3)39(37,38)27-10-8-7-9-11-27/h7-17,19,24H,5-6,18,20-21H2,1-4H3,(H,32,36)/t24-/m1/s1. The fourth-order valence-corrected chi connectivity index (χ4v) is 5.87. The molecule has 7 nitrogen and oxygen atoms in total. The van der Waals surface area contributed by atoms with Gasteiger partial charge in [-0.25, -0.2) is 8.42 Å². The lowest BCUT2D eigenvalue weighted by Crippen LogP contribution is -2.51. The van der Waals surface area contributed by atoms with Crippen LogP contribution in [0.25, 0.3) is 0 Å². The average Bonchev–Trinajstić information content (AvgIpc) is 2.91. The molecule has 0 fully saturated rings. The van der Waals surface area contributed by atoms with Crippen LogP contribution < -0.4 is 9.62 Å². The zero-order chi connectivity index (χ0) is 28.6. The molecule has 0 aromatic heterocycles. The van der Waals surface area contributed by atoms with Crippen LogP contribution in [0.3, 0.4) is 0 Å². The molecule has 0 spiro atoms. The van der Waals surface area contributed by atoms with Crippen molar-refractivity contribution in [3.05, 3.63) is 94.5 Å². The third-order valence-electron chi connectivity index (χ3n) is 6.51. The van der Waals surface area contributed by atoms with E-state index in [2.05, 4.69) is 5.32 Å². The number of aryl methyl sites for hydroxylation is 2. The van der Waals surface area contributed by atoms with E-state index in [-0.39, 0.29) is 17.3 Å². The molecule has 3 aromatic carbocycles. The van der Waals surface area contributed by atoms with E-state index in [0.29, 0.717) is 22.8 Å². The van der Waals surface area contributed by atoms with Crippen LogP contribution >= 0.6 is 11.6 Å². The van der Waals surface area contributed by atoms with E-state index < -0.39 is 28.5 Å². The van der Waals surface area contributed by atoms with Gasteiger partial charge in [0.05, 0.1) is 10.6 Å². The summed E-state index contributed by atoms with van der Waals surface area (Å²) >= 11 is 6.15. The van der Waals surface area contributed by atoms with Gasteiger partial charge in [0.15, 0.2) is 0 Å². The predicted octanol–water partition coefficient (Wildman–Crippen LogP) is 5.49. The van der Waals surface area contributed by atoms with Gasteiger partial charge < -0.3 is 10.2 Å². The molecule has 0 heterocycles. The van der Waals surface area contributed by atoms with Gasteiger partial charge in [-0.15, -0.1) is 0 Å². The second-order valence-electron chi connectivity index (χ2n) is 9.58. The van der Waals surface area contributed by atoms with E-state index in [1.54, 1.807) is 50.2 Å².